The highest BCUT2D eigenvalue weighted by molar-refractivity contribution is 5.90. The van der Waals surface area contributed by atoms with Crippen LogP contribution < -0.4 is 0 Å². The van der Waals surface area contributed by atoms with Crippen LogP contribution in [0, 0.1) is 0 Å². The van der Waals surface area contributed by atoms with Crippen molar-refractivity contribution >= 4 is 10.8 Å². The first-order valence-corrected chi connectivity index (χ1v) is 4.82. The standard InChI is InChI=1S/C11H8N4O/c16-11-12-13-14-15(11)10-7-3-5-8-4-1-2-6-9(8)10/h1-7H,(H,12,14,16). The summed E-state index contributed by atoms with van der Waals surface area (Å²) in [5.74, 6) is 0. The van der Waals surface area contributed by atoms with E-state index < -0.39 is 0 Å². The van der Waals surface area contributed by atoms with Crippen molar-refractivity contribution in [1.29, 1.82) is 0 Å². The fraction of sp³-hybridized carbons (Fsp3) is 0. The van der Waals surface area contributed by atoms with E-state index in [4.69, 9.17) is 0 Å². The molecule has 0 atom stereocenters. The largest absolute Gasteiger partial charge is 0.478 e. The van der Waals surface area contributed by atoms with E-state index in [1.54, 1.807) is 0 Å². The molecule has 0 aliphatic carbocycles. The van der Waals surface area contributed by atoms with Gasteiger partial charge in [-0.3, -0.25) is 0 Å². The molecule has 1 aromatic heterocycles. The Morgan fingerprint density at radius 2 is 1.81 bits per heavy atom. The summed E-state index contributed by atoms with van der Waals surface area (Å²) in [4.78, 5) is 0. The predicted molar refractivity (Wildman–Crippen MR) is 58.3 cm³/mol. The number of rotatable bonds is 1. The van der Waals surface area contributed by atoms with E-state index in [-0.39, 0.29) is 6.01 Å². The van der Waals surface area contributed by atoms with Crippen molar-refractivity contribution in [3.05, 3.63) is 42.5 Å². The maximum Gasteiger partial charge on any atom is 0.337 e. The Labute approximate surface area is 90.9 Å². The molecule has 3 aromatic rings. The zero-order valence-electron chi connectivity index (χ0n) is 8.28. The Morgan fingerprint density at radius 1 is 1.00 bits per heavy atom. The molecule has 0 unspecified atom stereocenters. The molecule has 0 saturated heterocycles. The molecule has 0 bridgehead atoms. The Bertz CT molecular complexity index is 642. The average Bonchev–Trinajstić information content (AvgIpc) is 2.75. The van der Waals surface area contributed by atoms with Gasteiger partial charge in [-0.2, -0.15) is 4.68 Å². The Kier molecular flexibility index (Phi) is 1.83. The molecule has 3 rings (SSSR count). The van der Waals surface area contributed by atoms with Gasteiger partial charge < -0.3 is 5.11 Å². The van der Waals surface area contributed by atoms with Crippen molar-refractivity contribution in [2.45, 2.75) is 0 Å². The third-order valence-electron chi connectivity index (χ3n) is 2.45. The van der Waals surface area contributed by atoms with Gasteiger partial charge in [0.1, 0.15) is 0 Å². The molecule has 0 aliphatic rings. The van der Waals surface area contributed by atoms with Crippen molar-refractivity contribution in [1.82, 2.24) is 20.2 Å². The number of nitrogens with zero attached hydrogens (tertiary/aromatic N) is 4. The predicted octanol–water partition coefficient (Wildman–Crippen LogP) is 1.52. The van der Waals surface area contributed by atoms with Crippen LogP contribution in [-0.2, 0) is 0 Å². The molecular weight excluding hydrogens is 204 g/mol. The molecule has 1 N–H and O–H groups in total. The summed E-state index contributed by atoms with van der Waals surface area (Å²) in [5.41, 5.74) is 0.764. The highest BCUT2D eigenvalue weighted by Gasteiger charge is 2.08. The summed E-state index contributed by atoms with van der Waals surface area (Å²) in [5, 5.41) is 22.2. The molecular formula is C11H8N4O. The van der Waals surface area contributed by atoms with Crippen LogP contribution in [0.15, 0.2) is 42.5 Å². The van der Waals surface area contributed by atoms with E-state index in [1.807, 2.05) is 42.5 Å². The molecule has 2 aromatic carbocycles. The third kappa shape index (κ3) is 1.22. The first kappa shape index (κ1) is 8.84. The van der Waals surface area contributed by atoms with Crippen LogP contribution in [0.1, 0.15) is 0 Å². The van der Waals surface area contributed by atoms with Gasteiger partial charge in [-0.1, -0.05) is 41.5 Å². The quantitative estimate of drug-likeness (QED) is 0.664. The van der Waals surface area contributed by atoms with E-state index >= 15 is 0 Å². The van der Waals surface area contributed by atoms with Crippen LogP contribution in [-0.4, -0.2) is 25.3 Å². The minimum atomic E-state index is -0.212. The van der Waals surface area contributed by atoms with E-state index in [0.29, 0.717) is 0 Å². The summed E-state index contributed by atoms with van der Waals surface area (Å²) in [7, 11) is 0. The van der Waals surface area contributed by atoms with Crippen LogP contribution in [0.2, 0.25) is 0 Å². The van der Waals surface area contributed by atoms with Gasteiger partial charge in [0, 0.05) is 5.39 Å². The summed E-state index contributed by atoms with van der Waals surface area (Å²) >= 11 is 0. The third-order valence-corrected chi connectivity index (χ3v) is 2.45. The number of fused-ring (bicyclic) bond motifs is 1. The van der Waals surface area contributed by atoms with Gasteiger partial charge in [0.2, 0.25) is 0 Å². The minimum absolute atomic E-state index is 0.212. The zero-order valence-corrected chi connectivity index (χ0v) is 8.28. The van der Waals surface area contributed by atoms with Gasteiger partial charge in [-0.05, 0) is 21.9 Å². The number of tetrazole rings is 1. The van der Waals surface area contributed by atoms with Crippen molar-refractivity contribution in [3.8, 4) is 11.7 Å². The summed E-state index contributed by atoms with van der Waals surface area (Å²) < 4.78 is 1.31. The maximum absolute atomic E-state index is 9.49. The Morgan fingerprint density at radius 3 is 2.62 bits per heavy atom. The maximum atomic E-state index is 9.49. The lowest BCUT2D eigenvalue weighted by molar-refractivity contribution is 0.415. The molecule has 16 heavy (non-hydrogen) atoms. The van der Waals surface area contributed by atoms with Gasteiger partial charge in [0.25, 0.3) is 0 Å². The Balaban J connectivity index is 2.36. The van der Waals surface area contributed by atoms with Crippen molar-refractivity contribution in [2.24, 2.45) is 0 Å². The highest BCUT2D eigenvalue weighted by Crippen LogP contribution is 2.23. The molecule has 78 valence electrons. The van der Waals surface area contributed by atoms with Gasteiger partial charge in [0.15, 0.2) is 0 Å². The first-order chi connectivity index (χ1) is 7.86. The molecule has 5 nitrogen and oxygen atoms in total. The first-order valence-electron chi connectivity index (χ1n) is 4.82. The molecule has 0 radical (unpaired) electrons. The van der Waals surface area contributed by atoms with Gasteiger partial charge in [-0.25, -0.2) is 0 Å². The lowest BCUT2D eigenvalue weighted by atomic mass is 10.1. The van der Waals surface area contributed by atoms with Gasteiger partial charge in [-0.15, -0.1) is 0 Å². The van der Waals surface area contributed by atoms with Gasteiger partial charge in [0.05, 0.1) is 5.69 Å². The van der Waals surface area contributed by atoms with E-state index in [1.165, 1.54) is 4.68 Å². The van der Waals surface area contributed by atoms with E-state index in [0.717, 1.165) is 16.5 Å². The second-order valence-electron chi connectivity index (χ2n) is 3.39. The van der Waals surface area contributed by atoms with Crippen LogP contribution in [0.3, 0.4) is 0 Å². The molecule has 0 fully saturated rings. The Hall–Kier alpha value is -2.43. The lowest BCUT2D eigenvalue weighted by Gasteiger charge is -2.04. The van der Waals surface area contributed by atoms with Crippen molar-refractivity contribution in [2.75, 3.05) is 0 Å². The number of hydrogen-bond donors (Lipinski definition) is 1. The number of hydrogen-bond acceptors (Lipinski definition) is 4. The van der Waals surface area contributed by atoms with Crippen molar-refractivity contribution in [3.63, 3.8) is 0 Å². The number of benzene rings is 2. The fourth-order valence-electron chi connectivity index (χ4n) is 1.73. The summed E-state index contributed by atoms with van der Waals surface area (Å²) in [6.07, 6.45) is 0. The second kappa shape index (κ2) is 3.30. The monoisotopic (exact) mass is 212 g/mol. The lowest BCUT2D eigenvalue weighted by Crippen LogP contribution is -1.97. The van der Waals surface area contributed by atoms with Crippen LogP contribution in [0.5, 0.6) is 6.01 Å². The molecule has 0 spiro atoms. The zero-order chi connectivity index (χ0) is 11.0. The molecule has 5 heteroatoms. The molecule has 1 heterocycles. The highest BCUT2D eigenvalue weighted by atomic mass is 16.3. The minimum Gasteiger partial charge on any atom is -0.478 e. The topological polar surface area (TPSA) is 63.8 Å². The van der Waals surface area contributed by atoms with Gasteiger partial charge >= 0.3 is 6.01 Å². The average molecular weight is 212 g/mol. The fourth-order valence-corrected chi connectivity index (χ4v) is 1.73. The second-order valence-corrected chi connectivity index (χ2v) is 3.39. The van der Waals surface area contributed by atoms with Crippen LogP contribution in [0.4, 0.5) is 0 Å². The smallest absolute Gasteiger partial charge is 0.337 e. The molecule has 0 aliphatic heterocycles. The number of aromatic nitrogens is 4. The summed E-state index contributed by atoms with van der Waals surface area (Å²) in [6, 6.07) is 13.4. The SMILES string of the molecule is Oc1nnnn1-c1cccc2ccccc12. The van der Waals surface area contributed by atoms with Crippen LogP contribution >= 0.6 is 0 Å². The van der Waals surface area contributed by atoms with Crippen LogP contribution in [0.25, 0.3) is 16.5 Å². The molecule has 0 saturated carbocycles. The van der Waals surface area contributed by atoms with E-state index in [2.05, 4.69) is 15.5 Å². The number of aromatic hydroxyl groups is 1. The van der Waals surface area contributed by atoms with Crippen molar-refractivity contribution < 1.29 is 5.11 Å². The molecule has 0 amide bonds. The van der Waals surface area contributed by atoms with E-state index in [9.17, 15) is 5.11 Å². The normalized spacial score (nSPS) is 10.8. The summed E-state index contributed by atoms with van der Waals surface area (Å²) in [6.45, 7) is 0.